The molecule has 9 heteroatoms. The normalized spacial score (nSPS) is 19.0. The molecule has 0 rings (SSSR count). The molecule has 1 unspecified atom stereocenters. The Labute approximate surface area is 84.5 Å². The molecule has 0 amide bonds. The Hall–Kier alpha value is 0.840. The predicted molar refractivity (Wildman–Crippen MR) is 37.1 cm³/mol. The minimum absolute atomic E-state index is 2.88. The van der Waals surface area contributed by atoms with Crippen molar-refractivity contribution in [2.75, 3.05) is 0 Å². The van der Waals surface area contributed by atoms with Crippen LogP contribution in [-0.2, 0) is 4.74 Å². The van der Waals surface area contributed by atoms with Gasteiger partial charge in [0.1, 0.15) is 0 Å². The molecule has 0 N–H and O–H groups in total. The Morgan fingerprint density at radius 2 is 1.17 bits per heavy atom. The van der Waals surface area contributed by atoms with Gasteiger partial charge in [-0.05, 0) is 23.2 Å². The van der Waals surface area contributed by atoms with Crippen LogP contribution in [0.15, 0.2) is 0 Å². The van der Waals surface area contributed by atoms with Crippen LogP contribution in [0.1, 0.15) is 0 Å². The maximum absolute atomic E-state index is 12.4. The summed E-state index contributed by atoms with van der Waals surface area (Å²) >= 11 is 17.3. The fraction of sp³-hybridized carbons (Fsp3) is 1.00. The quantitative estimate of drug-likeness (QED) is 0.560. The molecule has 0 aliphatic heterocycles. The molecule has 0 aromatic rings. The van der Waals surface area contributed by atoms with Gasteiger partial charge in [-0.3, -0.25) is 4.74 Å². The van der Waals surface area contributed by atoms with Crippen molar-refractivity contribution in [2.24, 2.45) is 0 Å². The summed E-state index contributed by atoms with van der Waals surface area (Å²) in [6.07, 6.45) is 0. The molecular weight excluding hydrogens is 270 g/mol. The summed E-state index contributed by atoms with van der Waals surface area (Å²) in [6.45, 7) is 0. The number of hydrogen-bond donors (Lipinski definition) is 0. The summed E-state index contributed by atoms with van der Waals surface area (Å²) in [6, 6.07) is 0. The van der Waals surface area contributed by atoms with Crippen LogP contribution in [-0.4, -0.2) is 15.5 Å². The highest BCUT2D eigenvalue weighted by Gasteiger charge is 2.57. The van der Waals surface area contributed by atoms with Gasteiger partial charge in [0.15, 0.2) is 0 Å². The Morgan fingerprint density at radius 3 is 1.25 bits per heavy atom. The Kier molecular flexibility index (Phi) is 3.78. The van der Waals surface area contributed by atoms with Gasteiger partial charge in [-0.2, -0.15) is 17.6 Å². The van der Waals surface area contributed by atoms with Crippen LogP contribution in [0.25, 0.3) is 0 Å². The first-order valence-electron chi connectivity index (χ1n) is 2.17. The van der Waals surface area contributed by atoms with Crippen LogP contribution in [0.4, 0.5) is 17.6 Å². The van der Waals surface area contributed by atoms with Crippen molar-refractivity contribution in [1.29, 1.82) is 0 Å². The topological polar surface area (TPSA) is 9.23 Å². The number of rotatable bonds is 3. The Balaban J connectivity index is 4.44. The van der Waals surface area contributed by atoms with E-state index in [4.69, 9.17) is 0 Å². The molecule has 12 heavy (non-hydrogen) atoms. The molecule has 0 saturated heterocycles. The molecule has 0 saturated carbocycles. The third kappa shape index (κ3) is 4.18. The van der Waals surface area contributed by atoms with Crippen molar-refractivity contribution in [3.05, 3.63) is 0 Å². The summed E-state index contributed by atoms with van der Waals surface area (Å²) in [5.74, 6) is 0. The second kappa shape index (κ2) is 3.53. The molecule has 0 bridgehead atoms. The van der Waals surface area contributed by atoms with Gasteiger partial charge in [0, 0.05) is 0 Å². The van der Waals surface area contributed by atoms with Crippen LogP contribution < -0.4 is 0 Å². The second-order valence-electron chi connectivity index (χ2n) is 1.56. The van der Waals surface area contributed by atoms with Crippen molar-refractivity contribution < 1.29 is 22.3 Å². The average molecular weight is 270 g/mol. The second-order valence-corrected chi connectivity index (χ2v) is 3.72. The summed E-state index contributed by atoms with van der Waals surface area (Å²) in [7, 11) is 0. The summed E-state index contributed by atoms with van der Waals surface area (Å²) in [4.78, 5) is 0. The molecule has 0 aliphatic rings. The zero-order chi connectivity index (χ0) is 10.2. The fourth-order valence-corrected chi connectivity index (χ4v) is 0.523. The molecule has 0 radical (unpaired) electrons. The van der Waals surface area contributed by atoms with Crippen LogP contribution in [0, 0.1) is 0 Å². The standard InChI is InChI=1S/C3Cl4F4O/c4-1(5,8)2(6,9)12-3(7,10)11. The van der Waals surface area contributed by atoms with Crippen molar-refractivity contribution in [2.45, 2.75) is 15.5 Å². The van der Waals surface area contributed by atoms with Crippen molar-refractivity contribution >= 4 is 46.4 Å². The third-order valence-corrected chi connectivity index (χ3v) is 1.67. The Morgan fingerprint density at radius 1 is 0.833 bits per heavy atom. The summed E-state index contributed by atoms with van der Waals surface area (Å²) in [5, 5.41) is -4.12. The highest BCUT2D eigenvalue weighted by Crippen LogP contribution is 2.46. The summed E-state index contributed by atoms with van der Waals surface area (Å²) in [5.41, 5.74) is -4.50. The van der Waals surface area contributed by atoms with E-state index in [1.807, 2.05) is 0 Å². The van der Waals surface area contributed by atoms with Crippen molar-refractivity contribution in [3.8, 4) is 0 Å². The smallest absolute Gasteiger partial charge is 0.251 e. The lowest BCUT2D eigenvalue weighted by atomic mass is 10.7. The number of ether oxygens (including phenoxy) is 1. The van der Waals surface area contributed by atoms with Gasteiger partial charge < -0.3 is 0 Å². The van der Waals surface area contributed by atoms with E-state index in [2.05, 4.69) is 51.1 Å². The maximum atomic E-state index is 12.4. The minimum Gasteiger partial charge on any atom is -0.251 e. The molecule has 0 fully saturated rings. The number of hydrogen-bond acceptors (Lipinski definition) is 1. The number of alkyl halides is 8. The summed E-state index contributed by atoms with van der Waals surface area (Å²) < 4.78 is 47.0. The molecule has 1 atom stereocenters. The first kappa shape index (κ1) is 12.8. The van der Waals surface area contributed by atoms with E-state index in [1.165, 1.54) is 0 Å². The molecule has 0 aliphatic carbocycles. The van der Waals surface area contributed by atoms with Crippen LogP contribution in [0.5, 0.6) is 0 Å². The minimum atomic E-state index is -4.50. The van der Waals surface area contributed by atoms with E-state index < -0.39 is 15.5 Å². The van der Waals surface area contributed by atoms with E-state index in [0.29, 0.717) is 0 Å². The maximum Gasteiger partial charge on any atom is 0.444 e. The van der Waals surface area contributed by atoms with E-state index in [-0.39, 0.29) is 0 Å². The fourth-order valence-electron chi connectivity index (χ4n) is 0.203. The van der Waals surface area contributed by atoms with Gasteiger partial charge in [0.2, 0.25) is 0 Å². The van der Waals surface area contributed by atoms with Crippen LogP contribution in [0.3, 0.4) is 0 Å². The first-order chi connectivity index (χ1) is 4.96. The highest BCUT2D eigenvalue weighted by atomic mass is 35.5. The molecule has 74 valence electrons. The molecule has 0 aromatic carbocycles. The average Bonchev–Trinajstić information content (AvgIpc) is 1.52. The van der Waals surface area contributed by atoms with Crippen LogP contribution in [0.2, 0.25) is 0 Å². The lowest BCUT2D eigenvalue weighted by Crippen LogP contribution is -2.40. The van der Waals surface area contributed by atoms with Gasteiger partial charge in [0.25, 0.3) is 0 Å². The zero-order valence-electron chi connectivity index (χ0n) is 4.93. The zero-order valence-corrected chi connectivity index (χ0v) is 7.96. The van der Waals surface area contributed by atoms with Crippen molar-refractivity contribution in [3.63, 3.8) is 0 Å². The molecular formula is C3Cl4F4O. The van der Waals surface area contributed by atoms with E-state index in [1.54, 1.807) is 0 Å². The lowest BCUT2D eigenvalue weighted by molar-refractivity contribution is -0.265. The van der Waals surface area contributed by atoms with Crippen LogP contribution >= 0.6 is 46.4 Å². The molecule has 1 nitrogen and oxygen atoms in total. The predicted octanol–water partition coefficient (Wildman–Crippen LogP) is 3.76. The van der Waals surface area contributed by atoms with E-state index in [0.717, 1.165) is 0 Å². The van der Waals surface area contributed by atoms with Gasteiger partial charge in [-0.25, -0.2) is 0 Å². The van der Waals surface area contributed by atoms with Gasteiger partial charge in [-0.1, -0.05) is 23.2 Å². The third-order valence-electron chi connectivity index (χ3n) is 0.574. The molecule has 0 spiro atoms. The number of halogens is 8. The SMILES string of the molecule is FC(F)(Cl)OC(F)(Cl)C(F)(Cl)Cl. The van der Waals surface area contributed by atoms with Gasteiger partial charge in [0.05, 0.1) is 0 Å². The Bertz CT molecular complexity index is 161. The van der Waals surface area contributed by atoms with E-state index in [9.17, 15) is 17.6 Å². The molecule has 0 aromatic heterocycles. The lowest BCUT2D eigenvalue weighted by Gasteiger charge is -2.25. The molecule has 0 heterocycles. The highest BCUT2D eigenvalue weighted by molar-refractivity contribution is 6.51. The monoisotopic (exact) mass is 268 g/mol. The van der Waals surface area contributed by atoms with Gasteiger partial charge >= 0.3 is 15.5 Å². The van der Waals surface area contributed by atoms with Crippen molar-refractivity contribution in [1.82, 2.24) is 0 Å². The largest absolute Gasteiger partial charge is 0.444 e. The van der Waals surface area contributed by atoms with Gasteiger partial charge in [-0.15, -0.1) is 0 Å². The van der Waals surface area contributed by atoms with E-state index >= 15 is 0 Å². The first-order valence-corrected chi connectivity index (χ1v) is 3.68.